The van der Waals surface area contributed by atoms with Crippen LogP contribution in [-0.4, -0.2) is 39.7 Å². The molecule has 1 aliphatic rings. The largest absolute Gasteiger partial charge is 0.370 e. The van der Waals surface area contributed by atoms with Crippen LogP contribution in [0.25, 0.3) is 11.4 Å². The molecule has 1 aromatic carbocycles. The number of likely N-dealkylation sites (tertiary alicyclic amines) is 1. The van der Waals surface area contributed by atoms with Gasteiger partial charge in [0.1, 0.15) is 5.82 Å². The molecule has 1 N–H and O–H groups in total. The molecule has 0 amide bonds. The van der Waals surface area contributed by atoms with Gasteiger partial charge < -0.3 is 9.84 Å². The van der Waals surface area contributed by atoms with Gasteiger partial charge in [-0.1, -0.05) is 35.5 Å². The van der Waals surface area contributed by atoms with Gasteiger partial charge in [0.15, 0.2) is 0 Å². The molecular weight excluding hydrogens is 326 g/mol. The Kier molecular flexibility index (Phi) is 4.93. The summed E-state index contributed by atoms with van der Waals surface area (Å²) in [6.07, 6.45) is 2.98. The molecule has 2 aromatic heterocycles. The highest BCUT2D eigenvalue weighted by molar-refractivity contribution is 5.58. The summed E-state index contributed by atoms with van der Waals surface area (Å²) in [4.78, 5) is 11.3. The van der Waals surface area contributed by atoms with Gasteiger partial charge in [0.25, 0.3) is 0 Å². The van der Waals surface area contributed by atoms with E-state index in [-0.39, 0.29) is 0 Å². The Morgan fingerprint density at radius 1 is 1.19 bits per heavy atom. The Morgan fingerprint density at radius 3 is 2.92 bits per heavy atom. The first-order chi connectivity index (χ1) is 12.8. The minimum absolute atomic E-state index is 0.607. The fourth-order valence-electron chi connectivity index (χ4n) is 3.38. The zero-order chi connectivity index (χ0) is 17.8. The molecule has 6 nitrogen and oxygen atoms in total. The number of nitrogens with zero attached hydrogens (tertiary/aromatic N) is 4. The minimum atomic E-state index is 0.607. The molecule has 3 aromatic rings. The van der Waals surface area contributed by atoms with Crippen molar-refractivity contribution < 1.29 is 4.52 Å². The van der Waals surface area contributed by atoms with Gasteiger partial charge >= 0.3 is 0 Å². The van der Waals surface area contributed by atoms with Crippen molar-refractivity contribution in [1.82, 2.24) is 20.0 Å². The summed E-state index contributed by atoms with van der Waals surface area (Å²) in [5.74, 6) is 2.90. The third kappa shape index (κ3) is 3.91. The second-order valence-corrected chi connectivity index (χ2v) is 6.81. The SMILES string of the molecule is Cc1ccccc1-c1noc(CN2CCC(CNc3ccccn3)C2)n1. The van der Waals surface area contributed by atoms with E-state index in [1.165, 1.54) is 6.42 Å². The number of benzene rings is 1. The Bertz CT molecular complexity index is 848. The van der Waals surface area contributed by atoms with Crippen molar-refractivity contribution in [3.05, 3.63) is 60.1 Å². The minimum Gasteiger partial charge on any atom is -0.370 e. The second-order valence-electron chi connectivity index (χ2n) is 6.81. The number of pyridine rings is 1. The highest BCUT2D eigenvalue weighted by Gasteiger charge is 2.24. The smallest absolute Gasteiger partial charge is 0.241 e. The summed E-state index contributed by atoms with van der Waals surface area (Å²) in [5, 5.41) is 7.56. The Hall–Kier alpha value is -2.73. The molecule has 26 heavy (non-hydrogen) atoms. The zero-order valence-electron chi connectivity index (χ0n) is 14.9. The van der Waals surface area contributed by atoms with E-state index in [0.717, 1.165) is 36.6 Å². The van der Waals surface area contributed by atoms with Gasteiger partial charge in [-0.2, -0.15) is 4.98 Å². The van der Waals surface area contributed by atoms with E-state index in [2.05, 4.69) is 38.3 Å². The molecule has 6 heteroatoms. The predicted octanol–water partition coefficient (Wildman–Crippen LogP) is 3.37. The van der Waals surface area contributed by atoms with Gasteiger partial charge in [-0.3, -0.25) is 4.90 Å². The van der Waals surface area contributed by atoms with Gasteiger partial charge in [-0.25, -0.2) is 4.98 Å². The van der Waals surface area contributed by atoms with Crippen LogP contribution in [0, 0.1) is 12.8 Å². The van der Waals surface area contributed by atoms with Crippen molar-refractivity contribution in [2.45, 2.75) is 19.9 Å². The van der Waals surface area contributed by atoms with Crippen molar-refractivity contribution >= 4 is 5.82 Å². The molecule has 0 saturated carbocycles. The van der Waals surface area contributed by atoms with Crippen molar-refractivity contribution in [3.8, 4) is 11.4 Å². The number of rotatable bonds is 6. The van der Waals surface area contributed by atoms with Crippen LogP contribution >= 0.6 is 0 Å². The van der Waals surface area contributed by atoms with Crippen LogP contribution in [0.2, 0.25) is 0 Å². The first-order valence-corrected chi connectivity index (χ1v) is 9.04. The molecule has 0 bridgehead atoms. The van der Waals surface area contributed by atoms with Crippen LogP contribution < -0.4 is 5.32 Å². The van der Waals surface area contributed by atoms with Crippen LogP contribution in [0.3, 0.4) is 0 Å². The zero-order valence-corrected chi connectivity index (χ0v) is 14.9. The van der Waals surface area contributed by atoms with Crippen LogP contribution in [-0.2, 0) is 6.54 Å². The van der Waals surface area contributed by atoms with Gasteiger partial charge in [-0.15, -0.1) is 0 Å². The third-order valence-corrected chi connectivity index (χ3v) is 4.82. The maximum absolute atomic E-state index is 5.47. The molecule has 1 aliphatic heterocycles. The highest BCUT2D eigenvalue weighted by atomic mass is 16.5. The van der Waals surface area contributed by atoms with E-state index < -0.39 is 0 Å². The molecule has 1 atom stereocenters. The lowest BCUT2D eigenvalue weighted by Gasteiger charge is -2.14. The molecule has 0 spiro atoms. The van der Waals surface area contributed by atoms with E-state index in [0.29, 0.717) is 24.2 Å². The monoisotopic (exact) mass is 349 g/mol. The normalized spacial score (nSPS) is 17.5. The van der Waals surface area contributed by atoms with Gasteiger partial charge in [-0.05, 0) is 43.5 Å². The molecule has 1 saturated heterocycles. The molecule has 0 aliphatic carbocycles. The molecule has 3 heterocycles. The average molecular weight is 349 g/mol. The highest BCUT2D eigenvalue weighted by Crippen LogP contribution is 2.22. The van der Waals surface area contributed by atoms with Crippen LogP contribution in [0.15, 0.2) is 53.2 Å². The van der Waals surface area contributed by atoms with Crippen molar-refractivity contribution in [3.63, 3.8) is 0 Å². The second kappa shape index (κ2) is 7.66. The third-order valence-electron chi connectivity index (χ3n) is 4.82. The number of hydrogen-bond donors (Lipinski definition) is 1. The lowest BCUT2D eigenvalue weighted by atomic mass is 10.1. The number of nitrogens with one attached hydrogen (secondary N) is 1. The van der Waals surface area contributed by atoms with Crippen molar-refractivity contribution in [1.29, 1.82) is 0 Å². The standard InChI is InChI=1S/C20H23N5O/c1-15-6-2-3-7-17(15)20-23-19(26-24-20)14-25-11-9-16(13-25)12-22-18-8-4-5-10-21-18/h2-8,10,16H,9,11-14H2,1H3,(H,21,22). The number of hydrogen-bond acceptors (Lipinski definition) is 6. The number of aromatic nitrogens is 3. The summed E-state index contributed by atoms with van der Waals surface area (Å²) >= 11 is 0. The van der Waals surface area contributed by atoms with Gasteiger partial charge in [0, 0.05) is 24.8 Å². The summed E-state index contributed by atoms with van der Waals surface area (Å²) in [6, 6.07) is 14.0. The molecule has 0 radical (unpaired) electrons. The fourth-order valence-corrected chi connectivity index (χ4v) is 3.38. The van der Waals surface area contributed by atoms with Crippen LogP contribution in [0.4, 0.5) is 5.82 Å². The molecule has 4 rings (SSSR count). The fraction of sp³-hybridized carbons (Fsp3) is 0.350. The van der Waals surface area contributed by atoms with Crippen molar-refractivity contribution in [2.75, 3.05) is 25.0 Å². The Labute approximate surface area is 153 Å². The predicted molar refractivity (Wildman–Crippen MR) is 101 cm³/mol. The maximum atomic E-state index is 5.47. The molecule has 1 unspecified atom stereocenters. The molecular formula is C20H23N5O. The Morgan fingerprint density at radius 2 is 2.08 bits per heavy atom. The Balaban J connectivity index is 1.31. The number of anilines is 1. The van der Waals surface area contributed by atoms with Gasteiger partial charge in [0.05, 0.1) is 6.54 Å². The quantitative estimate of drug-likeness (QED) is 0.736. The average Bonchev–Trinajstić information content (AvgIpc) is 3.31. The lowest BCUT2D eigenvalue weighted by molar-refractivity contribution is 0.261. The lowest BCUT2D eigenvalue weighted by Crippen LogP contribution is -2.23. The molecule has 1 fully saturated rings. The van der Waals surface area contributed by atoms with Crippen LogP contribution in [0.5, 0.6) is 0 Å². The number of aryl methyl sites for hydroxylation is 1. The summed E-state index contributed by atoms with van der Waals surface area (Å²) in [7, 11) is 0. The van der Waals surface area contributed by atoms with Crippen molar-refractivity contribution in [2.24, 2.45) is 5.92 Å². The topological polar surface area (TPSA) is 67.1 Å². The van der Waals surface area contributed by atoms with E-state index in [9.17, 15) is 0 Å². The maximum Gasteiger partial charge on any atom is 0.241 e. The van der Waals surface area contributed by atoms with Gasteiger partial charge in [0.2, 0.25) is 11.7 Å². The summed E-state index contributed by atoms with van der Waals surface area (Å²) in [6.45, 7) is 5.79. The summed E-state index contributed by atoms with van der Waals surface area (Å²) < 4.78 is 5.47. The van der Waals surface area contributed by atoms with E-state index >= 15 is 0 Å². The molecule has 134 valence electrons. The van der Waals surface area contributed by atoms with E-state index in [1.54, 1.807) is 0 Å². The van der Waals surface area contributed by atoms with E-state index in [1.807, 2.05) is 42.6 Å². The van der Waals surface area contributed by atoms with E-state index in [4.69, 9.17) is 4.52 Å². The first kappa shape index (κ1) is 16.7. The van der Waals surface area contributed by atoms with Crippen LogP contribution in [0.1, 0.15) is 17.9 Å². The first-order valence-electron chi connectivity index (χ1n) is 9.04. The summed E-state index contributed by atoms with van der Waals surface area (Å²) in [5.41, 5.74) is 2.18.